The highest BCUT2D eigenvalue weighted by Crippen LogP contribution is 2.35. The van der Waals surface area contributed by atoms with Gasteiger partial charge in [-0.3, -0.25) is 0 Å². The molecule has 1 aliphatic heterocycles. The van der Waals surface area contributed by atoms with E-state index in [2.05, 4.69) is 31.2 Å². The summed E-state index contributed by atoms with van der Waals surface area (Å²) in [6.07, 6.45) is 0.579. The van der Waals surface area contributed by atoms with Gasteiger partial charge in [0, 0.05) is 29.0 Å². The lowest BCUT2D eigenvalue weighted by Gasteiger charge is -2.29. The van der Waals surface area contributed by atoms with Gasteiger partial charge in [0.05, 0.1) is 31.7 Å². The number of ether oxygens (including phenoxy) is 2. The lowest BCUT2D eigenvalue weighted by molar-refractivity contribution is 0.111. The Kier molecular flexibility index (Phi) is 4.92. The van der Waals surface area contributed by atoms with Crippen molar-refractivity contribution in [2.75, 3.05) is 32.0 Å². The summed E-state index contributed by atoms with van der Waals surface area (Å²) in [6, 6.07) is 7.01. The molecule has 10 heteroatoms. The van der Waals surface area contributed by atoms with E-state index in [-0.39, 0.29) is 59.8 Å². The summed E-state index contributed by atoms with van der Waals surface area (Å²) in [6.45, 7) is -1.97. The summed E-state index contributed by atoms with van der Waals surface area (Å²) < 4.78 is 65.3. The first-order valence-electron chi connectivity index (χ1n) is 12.2. The van der Waals surface area contributed by atoms with Gasteiger partial charge in [-0.15, -0.1) is 0 Å². The fourth-order valence-electron chi connectivity index (χ4n) is 3.38. The highest BCUT2D eigenvalue weighted by molar-refractivity contribution is 9.10. The number of amides is 1. The van der Waals surface area contributed by atoms with Gasteiger partial charge in [0.1, 0.15) is 18.0 Å². The topological polar surface area (TPSA) is 96.8 Å². The van der Waals surface area contributed by atoms with Gasteiger partial charge in [-0.25, -0.2) is 19.2 Å². The molecule has 0 unspecified atom stereocenters. The zero-order chi connectivity index (χ0) is 27.0. The van der Waals surface area contributed by atoms with Crippen LogP contribution in [0.5, 0.6) is 11.5 Å². The molecule has 0 saturated carbocycles. The molecule has 1 fully saturated rings. The third-order valence-corrected chi connectivity index (χ3v) is 5.59. The number of hydrogen-bond acceptors (Lipinski definition) is 6. The zero-order valence-corrected chi connectivity index (χ0v) is 18.2. The molecule has 8 nitrogen and oxygen atoms in total. The molecule has 0 atom stereocenters. The molecule has 1 amide bonds. The molecule has 32 heavy (non-hydrogen) atoms. The van der Waals surface area contributed by atoms with Crippen LogP contribution in [0.3, 0.4) is 0 Å². The lowest BCUT2D eigenvalue weighted by Crippen LogP contribution is -2.38. The van der Waals surface area contributed by atoms with Gasteiger partial charge in [-0.2, -0.15) is 0 Å². The minimum Gasteiger partial charge on any atom is -0.493 e. The number of aromatic nitrogens is 2. The zero-order valence-electron chi connectivity index (χ0n) is 21.6. The number of anilines is 2. The molecule has 0 bridgehead atoms. The summed E-state index contributed by atoms with van der Waals surface area (Å²) in [5, 5.41) is 12.3. The van der Waals surface area contributed by atoms with E-state index in [0.717, 1.165) is 0 Å². The van der Waals surface area contributed by atoms with E-state index in [4.69, 9.17) is 21.4 Å². The number of nitrogens with one attached hydrogen (secondary N) is 1. The summed E-state index contributed by atoms with van der Waals surface area (Å²) in [5.41, 5.74) is 0.380. The first-order valence-corrected chi connectivity index (χ1v) is 10.5. The molecule has 0 aliphatic carbocycles. The molecule has 2 aromatic carbocycles. The van der Waals surface area contributed by atoms with Crippen LogP contribution in [-0.2, 0) is 0 Å². The molecular weight excluding hydrogens is 483 g/mol. The molecule has 1 aromatic heterocycles. The Balaban J connectivity index is 1.69. The fraction of sp³-hybridized carbons (Fsp3) is 0.318. The second-order valence-corrected chi connectivity index (χ2v) is 8.07. The van der Waals surface area contributed by atoms with Gasteiger partial charge in [0.2, 0.25) is 0 Å². The first-order chi connectivity index (χ1) is 17.3. The molecular formula is C22H22BrFN4O4. The highest BCUT2D eigenvalue weighted by atomic mass is 79.9. The third kappa shape index (κ3) is 4.85. The van der Waals surface area contributed by atoms with Crippen LogP contribution in [0.1, 0.15) is 19.7 Å². The van der Waals surface area contributed by atoms with E-state index in [1.54, 1.807) is 6.07 Å². The van der Waals surface area contributed by atoms with E-state index in [1.807, 2.05) is 0 Å². The normalized spacial score (nSPS) is 17.6. The van der Waals surface area contributed by atoms with Crippen molar-refractivity contribution in [3.05, 3.63) is 46.9 Å². The van der Waals surface area contributed by atoms with Crippen LogP contribution in [-0.4, -0.2) is 52.8 Å². The largest absolute Gasteiger partial charge is 0.493 e. The summed E-state index contributed by atoms with van der Waals surface area (Å²) in [5.74, 6) is -1.52. The number of methoxy groups -OCH3 is 1. The number of likely N-dealkylation sites (tertiary alicyclic amines) is 1. The second kappa shape index (κ2) is 9.56. The van der Waals surface area contributed by atoms with Crippen molar-refractivity contribution in [2.24, 2.45) is 5.92 Å². The van der Waals surface area contributed by atoms with Crippen molar-refractivity contribution < 1.29 is 30.6 Å². The average Bonchev–Trinajstić information content (AvgIpc) is 2.80. The van der Waals surface area contributed by atoms with Gasteiger partial charge < -0.3 is 24.8 Å². The summed E-state index contributed by atoms with van der Waals surface area (Å²) in [7, 11) is -2.88. The van der Waals surface area contributed by atoms with Crippen LogP contribution in [0.15, 0.2) is 41.1 Å². The van der Waals surface area contributed by atoms with Crippen molar-refractivity contribution in [3.8, 4) is 11.5 Å². The molecule has 0 spiro atoms. The van der Waals surface area contributed by atoms with Crippen molar-refractivity contribution in [2.45, 2.75) is 12.8 Å². The van der Waals surface area contributed by atoms with E-state index >= 15 is 0 Å². The number of carboxylic acid groups (broad SMARTS) is 1. The van der Waals surface area contributed by atoms with Crippen molar-refractivity contribution >= 4 is 44.4 Å². The van der Waals surface area contributed by atoms with Gasteiger partial charge in [0.25, 0.3) is 0 Å². The van der Waals surface area contributed by atoms with Crippen LogP contribution in [0.4, 0.5) is 20.7 Å². The van der Waals surface area contributed by atoms with E-state index in [9.17, 15) is 9.18 Å². The van der Waals surface area contributed by atoms with Gasteiger partial charge in [0.15, 0.2) is 11.5 Å². The minimum atomic E-state index is -2.88. The van der Waals surface area contributed by atoms with Crippen LogP contribution in [0, 0.1) is 11.7 Å². The van der Waals surface area contributed by atoms with Crippen molar-refractivity contribution in [1.82, 2.24) is 14.9 Å². The van der Waals surface area contributed by atoms with Gasteiger partial charge in [-0.1, -0.05) is 15.9 Å². The van der Waals surface area contributed by atoms with Crippen molar-refractivity contribution in [1.29, 1.82) is 0 Å². The predicted molar refractivity (Wildman–Crippen MR) is 121 cm³/mol. The van der Waals surface area contributed by atoms with Crippen LogP contribution in [0.2, 0.25) is 0 Å². The maximum absolute atomic E-state index is 14.4. The Hall–Kier alpha value is -3.14. The molecule has 4 rings (SSSR count). The number of benzene rings is 2. The minimum absolute atomic E-state index is 0.117. The Morgan fingerprint density at radius 3 is 2.88 bits per heavy atom. The number of fused-ring (bicyclic) bond motifs is 1. The molecule has 2 N–H and O–H groups in total. The smallest absolute Gasteiger partial charge is 0.407 e. The van der Waals surface area contributed by atoms with Gasteiger partial charge >= 0.3 is 6.09 Å². The molecule has 1 saturated heterocycles. The number of hydrogen-bond donors (Lipinski definition) is 2. The van der Waals surface area contributed by atoms with E-state index in [0.29, 0.717) is 4.47 Å². The molecule has 1 aliphatic rings. The summed E-state index contributed by atoms with van der Waals surface area (Å²) >= 11 is 3.19. The first kappa shape index (κ1) is 16.5. The molecule has 2 heterocycles. The second-order valence-electron chi connectivity index (χ2n) is 7.15. The SMILES string of the molecule is [2H]C([2H])([2H])Oc1cc2c(Nc3ccc(Br)cc3F)ncnc2cc1OC([2H])([2H])C1CCN(C(=O)O)CC1. The molecule has 0 radical (unpaired) electrons. The van der Waals surface area contributed by atoms with Crippen LogP contribution < -0.4 is 14.8 Å². The van der Waals surface area contributed by atoms with Crippen LogP contribution >= 0.6 is 15.9 Å². The van der Waals surface area contributed by atoms with E-state index in [1.165, 1.54) is 35.5 Å². The highest BCUT2D eigenvalue weighted by Gasteiger charge is 2.23. The molecule has 3 aromatic rings. The maximum atomic E-state index is 14.4. The maximum Gasteiger partial charge on any atom is 0.407 e. The van der Waals surface area contributed by atoms with Crippen LogP contribution in [0.25, 0.3) is 10.9 Å². The van der Waals surface area contributed by atoms with E-state index < -0.39 is 31.4 Å². The lowest BCUT2D eigenvalue weighted by atomic mass is 9.98. The molecule has 168 valence electrons. The standard InChI is InChI=1S/C22H22BrFN4O4/c1-31-19-9-15-18(10-20(19)32-11-13-4-6-28(7-5-13)22(29)30)25-12-26-21(15)27-17-3-2-14(23)8-16(17)24/h2-3,8-10,12-13H,4-7,11H2,1H3,(H,29,30)(H,25,26,27)/i1D3,11D2. The third-order valence-electron chi connectivity index (χ3n) is 5.10. The Morgan fingerprint density at radius 1 is 1.34 bits per heavy atom. The fourth-order valence-corrected chi connectivity index (χ4v) is 3.71. The number of nitrogens with zero attached hydrogens (tertiary/aromatic N) is 3. The van der Waals surface area contributed by atoms with Crippen molar-refractivity contribution in [3.63, 3.8) is 0 Å². The quantitative estimate of drug-likeness (QED) is 0.479. The summed E-state index contributed by atoms with van der Waals surface area (Å²) in [4.78, 5) is 20.7. The number of halogens is 2. The number of carbonyl (C=O) groups is 1. The Labute approximate surface area is 199 Å². The average molecular weight is 510 g/mol. The monoisotopic (exact) mass is 509 g/mol. The van der Waals surface area contributed by atoms with Gasteiger partial charge in [-0.05, 0) is 43.0 Å². The number of piperidine rings is 1. The predicted octanol–water partition coefficient (Wildman–Crippen LogP) is 5.05. The number of rotatable bonds is 6. The Morgan fingerprint density at radius 2 is 2.16 bits per heavy atom. The Bertz CT molecular complexity index is 1320.